The van der Waals surface area contributed by atoms with Crippen LogP contribution in [0.5, 0.6) is 17.2 Å². The molecule has 2 aromatic carbocycles. The van der Waals surface area contributed by atoms with E-state index < -0.39 is 6.10 Å². The van der Waals surface area contributed by atoms with Crippen LogP contribution in [0, 0.1) is 0 Å². The van der Waals surface area contributed by atoms with E-state index in [9.17, 15) is 4.79 Å². The summed E-state index contributed by atoms with van der Waals surface area (Å²) in [5, 5.41) is 6.98. The zero-order chi connectivity index (χ0) is 20.1. The lowest BCUT2D eigenvalue weighted by molar-refractivity contribution is -0.131. The van der Waals surface area contributed by atoms with Gasteiger partial charge in [-0.1, -0.05) is 29.4 Å². The van der Waals surface area contributed by atoms with Gasteiger partial charge in [0, 0.05) is 25.8 Å². The van der Waals surface area contributed by atoms with Gasteiger partial charge in [0.25, 0.3) is 5.91 Å². The van der Waals surface area contributed by atoms with Crippen LogP contribution in [0.15, 0.2) is 53.7 Å². The molecule has 7 heteroatoms. The van der Waals surface area contributed by atoms with Gasteiger partial charge >= 0.3 is 0 Å². The number of nitrogens with one attached hydrogen (secondary N) is 1. The highest BCUT2D eigenvalue weighted by molar-refractivity contribution is 5.93. The van der Waals surface area contributed by atoms with Crippen LogP contribution >= 0.6 is 0 Å². The van der Waals surface area contributed by atoms with Crippen molar-refractivity contribution in [3.8, 4) is 17.2 Å². The molecule has 2 aliphatic heterocycles. The van der Waals surface area contributed by atoms with Gasteiger partial charge in [0.1, 0.15) is 18.5 Å². The van der Waals surface area contributed by atoms with Crippen LogP contribution in [-0.4, -0.2) is 44.1 Å². The molecule has 4 rings (SSSR count). The number of fused-ring (bicyclic) bond motifs is 1. The van der Waals surface area contributed by atoms with Gasteiger partial charge in [-0.25, -0.2) is 0 Å². The van der Waals surface area contributed by atoms with Crippen molar-refractivity contribution in [3.63, 3.8) is 0 Å². The molecule has 0 saturated carbocycles. The highest BCUT2D eigenvalue weighted by Crippen LogP contribution is 2.31. The van der Waals surface area contributed by atoms with Crippen molar-refractivity contribution >= 4 is 11.6 Å². The number of carbonyl (C=O) groups is 1. The summed E-state index contributed by atoms with van der Waals surface area (Å²) in [5.41, 5.74) is 1.96. The molecule has 0 spiro atoms. The minimum Gasteiger partial charge on any atom is -0.497 e. The highest BCUT2D eigenvalue weighted by Gasteiger charge is 2.28. The molecule has 152 valence electrons. The Bertz CT molecular complexity index is 881. The molecule has 0 bridgehead atoms. The number of amides is 1. The third kappa shape index (κ3) is 4.80. The third-order valence-electron chi connectivity index (χ3n) is 4.92. The van der Waals surface area contributed by atoms with E-state index in [1.165, 1.54) is 0 Å². The number of ether oxygens (including phenoxy) is 3. The Hall–Kier alpha value is -3.22. The fourth-order valence-electron chi connectivity index (χ4n) is 3.33. The van der Waals surface area contributed by atoms with Gasteiger partial charge in [0.15, 0.2) is 11.5 Å². The van der Waals surface area contributed by atoms with E-state index in [-0.39, 0.29) is 12.0 Å². The summed E-state index contributed by atoms with van der Waals surface area (Å²) in [5.74, 6) is 2.15. The fourth-order valence-corrected chi connectivity index (χ4v) is 3.33. The van der Waals surface area contributed by atoms with E-state index in [0.717, 1.165) is 28.5 Å². The largest absolute Gasteiger partial charge is 0.497 e. The standard InChI is InChI=1S/C22H24N2O5/c1-26-17-8-6-15(7-9-17)12-16-13-21(29-24-16)22(25)23-11-10-18-14-27-19-4-2-3-5-20(19)28-18/h2-9,18,21H,10-14H2,1H3,(H,23,25)/t18-,21+/m0/s1. The normalized spacial score (nSPS) is 19.8. The van der Waals surface area contributed by atoms with Crippen molar-refractivity contribution in [1.29, 1.82) is 0 Å². The predicted octanol–water partition coefficient (Wildman–Crippen LogP) is 2.73. The van der Waals surface area contributed by atoms with Crippen molar-refractivity contribution in [2.45, 2.75) is 31.5 Å². The Labute approximate surface area is 169 Å². The van der Waals surface area contributed by atoms with Gasteiger partial charge < -0.3 is 24.4 Å². The Morgan fingerprint density at radius 3 is 2.76 bits per heavy atom. The second-order valence-corrected chi connectivity index (χ2v) is 7.06. The van der Waals surface area contributed by atoms with Crippen LogP contribution < -0.4 is 19.5 Å². The molecule has 0 radical (unpaired) electrons. The zero-order valence-corrected chi connectivity index (χ0v) is 16.3. The summed E-state index contributed by atoms with van der Waals surface area (Å²) < 4.78 is 16.8. The maximum Gasteiger partial charge on any atom is 0.264 e. The average Bonchev–Trinajstić information content (AvgIpc) is 3.23. The lowest BCUT2D eigenvalue weighted by Crippen LogP contribution is -2.38. The molecule has 1 amide bonds. The first-order valence-electron chi connectivity index (χ1n) is 9.72. The first-order chi connectivity index (χ1) is 14.2. The maximum absolute atomic E-state index is 12.4. The molecule has 0 aromatic heterocycles. The molecule has 0 unspecified atom stereocenters. The predicted molar refractivity (Wildman–Crippen MR) is 108 cm³/mol. The minimum atomic E-state index is -0.576. The van der Waals surface area contributed by atoms with E-state index in [2.05, 4.69) is 10.5 Å². The fraction of sp³-hybridized carbons (Fsp3) is 0.364. The number of methoxy groups -OCH3 is 1. The van der Waals surface area contributed by atoms with Crippen LogP contribution in [0.25, 0.3) is 0 Å². The number of carbonyl (C=O) groups excluding carboxylic acids is 1. The molecule has 2 aromatic rings. The Morgan fingerprint density at radius 1 is 1.17 bits per heavy atom. The van der Waals surface area contributed by atoms with Crippen LogP contribution in [0.1, 0.15) is 18.4 Å². The SMILES string of the molecule is COc1ccc(CC2=NO[C@@H](C(=O)NCC[C@H]3COc4ccccc4O3)C2)cc1. The third-order valence-corrected chi connectivity index (χ3v) is 4.92. The van der Waals surface area contributed by atoms with Crippen molar-refractivity contribution in [1.82, 2.24) is 5.32 Å². The first kappa shape index (κ1) is 19.1. The van der Waals surface area contributed by atoms with E-state index in [1.807, 2.05) is 48.5 Å². The monoisotopic (exact) mass is 396 g/mol. The number of benzene rings is 2. The summed E-state index contributed by atoms with van der Waals surface area (Å²) >= 11 is 0. The van der Waals surface area contributed by atoms with E-state index >= 15 is 0 Å². The summed E-state index contributed by atoms with van der Waals surface area (Å²) in [6.07, 6.45) is 1.14. The summed E-state index contributed by atoms with van der Waals surface area (Å²) in [6, 6.07) is 15.4. The zero-order valence-electron chi connectivity index (χ0n) is 16.3. The van der Waals surface area contributed by atoms with E-state index in [1.54, 1.807) is 7.11 Å². The topological polar surface area (TPSA) is 78.4 Å². The second-order valence-electron chi connectivity index (χ2n) is 7.06. The molecule has 0 aliphatic carbocycles. The van der Waals surface area contributed by atoms with Gasteiger partial charge in [0.05, 0.1) is 12.8 Å². The summed E-state index contributed by atoms with van der Waals surface area (Å²) in [7, 11) is 1.64. The molecular formula is C22H24N2O5. The van der Waals surface area contributed by atoms with Gasteiger partial charge in [0.2, 0.25) is 6.10 Å². The van der Waals surface area contributed by atoms with Gasteiger partial charge in [-0.05, 0) is 29.8 Å². The number of nitrogens with zero attached hydrogens (tertiary/aromatic N) is 1. The van der Waals surface area contributed by atoms with Crippen LogP contribution in [-0.2, 0) is 16.1 Å². The Kier molecular flexibility index (Phi) is 5.84. The van der Waals surface area contributed by atoms with Crippen molar-refractivity contribution < 1.29 is 23.8 Å². The van der Waals surface area contributed by atoms with Crippen LogP contribution in [0.3, 0.4) is 0 Å². The molecule has 2 atom stereocenters. The van der Waals surface area contributed by atoms with Crippen molar-refractivity contribution in [2.75, 3.05) is 20.3 Å². The number of hydrogen-bond donors (Lipinski definition) is 1. The first-order valence-corrected chi connectivity index (χ1v) is 9.72. The number of oxime groups is 1. The Balaban J connectivity index is 1.18. The number of hydrogen-bond acceptors (Lipinski definition) is 6. The van der Waals surface area contributed by atoms with Crippen LogP contribution in [0.4, 0.5) is 0 Å². The second kappa shape index (κ2) is 8.86. The highest BCUT2D eigenvalue weighted by atomic mass is 16.6. The maximum atomic E-state index is 12.4. The van der Waals surface area contributed by atoms with E-state index in [0.29, 0.717) is 32.4 Å². The smallest absolute Gasteiger partial charge is 0.264 e. The molecule has 2 heterocycles. The molecular weight excluding hydrogens is 372 g/mol. The summed E-state index contributed by atoms with van der Waals surface area (Å²) in [6.45, 7) is 0.963. The molecule has 1 N–H and O–H groups in total. The van der Waals surface area contributed by atoms with Gasteiger partial charge in [-0.2, -0.15) is 0 Å². The quantitative estimate of drug-likeness (QED) is 0.779. The summed E-state index contributed by atoms with van der Waals surface area (Å²) in [4.78, 5) is 17.7. The van der Waals surface area contributed by atoms with Gasteiger partial charge in [-0.3, -0.25) is 4.79 Å². The van der Waals surface area contributed by atoms with Crippen molar-refractivity contribution in [3.05, 3.63) is 54.1 Å². The Morgan fingerprint density at radius 2 is 1.97 bits per heavy atom. The van der Waals surface area contributed by atoms with E-state index in [4.69, 9.17) is 19.0 Å². The molecule has 29 heavy (non-hydrogen) atoms. The molecule has 0 fully saturated rings. The van der Waals surface area contributed by atoms with Gasteiger partial charge in [-0.15, -0.1) is 0 Å². The molecule has 0 saturated heterocycles. The minimum absolute atomic E-state index is 0.0865. The average molecular weight is 396 g/mol. The lowest BCUT2D eigenvalue weighted by atomic mass is 10.0. The molecule has 2 aliphatic rings. The number of rotatable bonds is 7. The van der Waals surface area contributed by atoms with Crippen LogP contribution in [0.2, 0.25) is 0 Å². The van der Waals surface area contributed by atoms with Crippen molar-refractivity contribution in [2.24, 2.45) is 5.16 Å². The molecule has 7 nitrogen and oxygen atoms in total. The lowest BCUT2D eigenvalue weighted by Gasteiger charge is -2.26. The number of para-hydroxylation sites is 2.